The minimum absolute atomic E-state index is 0.0137. The summed E-state index contributed by atoms with van der Waals surface area (Å²) in [5.74, 6) is -0.545. The Hall–Kier alpha value is -2.75. The summed E-state index contributed by atoms with van der Waals surface area (Å²) in [4.78, 5) is 21.0. The van der Waals surface area contributed by atoms with Crippen molar-refractivity contribution in [2.75, 3.05) is 5.32 Å². The Morgan fingerprint density at radius 1 is 1.21 bits per heavy atom. The molecule has 0 bridgehead atoms. The van der Waals surface area contributed by atoms with Crippen LogP contribution in [0.4, 0.5) is 19.0 Å². The first-order valence-corrected chi connectivity index (χ1v) is 9.42. The lowest BCUT2D eigenvalue weighted by atomic mass is 10.3. The molecule has 6 nitrogen and oxygen atoms in total. The highest BCUT2D eigenvalue weighted by Crippen LogP contribution is 2.25. The number of aromatic nitrogens is 4. The fraction of sp³-hybridized carbons (Fsp3) is 0.333. The van der Waals surface area contributed by atoms with Crippen LogP contribution in [0.1, 0.15) is 31.7 Å². The van der Waals surface area contributed by atoms with Gasteiger partial charge in [0.15, 0.2) is 11.6 Å². The number of carbonyl (C=O) groups is 1. The van der Waals surface area contributed by atoms with Crippen molar-refractivity contribution in [1.82, 2.24) is 19.7 Å². The number of amides is 1. The number of alkyl halides is 3. The topological polar surface area (TPSA) is 72.7 Å². The number of halogens is 3. The summed E-state index contributed by atoms with van der Waals surface area (Å²) in [5, 5.41) is 8.34. The summed E-state index contributed by atoms with van der Waals surface area (Å²) in [6, 6.07) is 6.83. The molecule has 0 atom stereocenters. The monoisotopic (exact) mass is 411 g/mol. The van der Waals surface area contributed by atoms with Gasteiger partial charge in [-0.2, -0.15) is 18.3 Å². The highest BCUT2D eigenvalue weighted by molar-refractivity contribution is 7.13. The average molecular weight is 411 g/mol. The van der Waals surface area contributed by atoms with Gasteiger partial charge in [0.05, 0.1) is 10.6 Å². The molecule has 0 aliphatic heterocycles. The predicted octanol–water partition coefficient (Wildman–Crippen LogP) is 4.92. The first kappa shape index (κ1) is 21.5. The number of hydrogen-bond donors (Lipinski definition) is 1. The zero-order valence-electron chi connectivity index (χ0n) is 15.8. The second kappa shape index (κ2) is 8.96. The van der Waals surface area contributed by atoms with Gasteiger partial charge in [-0.15, -0.1) is 11.3 Å². The van der Waals surface area contributed by atoms with Crippen LogP contribution < -0.4 is 5.32 Å². The molecule has 0 saturated heterocycles. The summed E-state index contributed by atoms with van der Waals surface area (Å²) in [6.07, 6.45) is -6.17. The van der Waals surface area contributed by atoms with Gasteiger partial charge in [-0.3, -0.25) is 4.79 Å². The maximum Gasteiger partial charge on any atom is 0.397 e. The van der Waals surface area contributed by atoms with Crippen LogP contribution in [0.2, 0.25) is 0 Å². The molecule has 0 spiro atoms. The summed E-state index contributed by atoms with van der Waals surface area (Å²) in [7, 11) is 0. The summed E-state index contributed by atoms with van der Waals surface area (Å²) in [6.45, 7) is 7.64. The van der Waals surface area contributed by atoms with Crippen molar-refractivity contribution in [2.45, 2.75) is 40.3 Å². The first-order chi connectivity index (χ1) is 13.2. The van der Waals surface area contributed by atoms with E-state index in [1.54, 1.807) is 16.8 Å². The Bertz CT molecular complexity index is 935. The SMILES string of the molecule is CC.Cc1cc(C)n(-c2cc(NC(=O)CC(F)(F)F)nc(-c3cccs3)n2)n1. The van der Waals surface area contributed by atoms with Crippen LogP contribution in [0.15, 0.2) is 29.6 Å². The van der Waals surface area contributed by atoms with Crippen molar-refractivity contribution >= 4 is 23.1 Å². The van der Waals surface area contributed by atoms with Gasteiger partial charge < -0.3 is 5.32 Å². The third-order valence-corrected chi connectivity index (χ3v) is 4.18. The van der Waals surface area contributed by atoms with Gasteiger partial charge in [-0.25, -0.2) is 14.6 Å². The van der Waals surface area contributed by atoms with Crippen molar-refractivity contribution in [3.05, 3.63) is 41.0 Å². The zero-order valence-corrected chi connectivity index (χ0v) is 16.6. The molecule has 0 fully saturated rings. The molecule has 1 amide bonds. The lowest BCUT2D eigenvalue weighted by Crippen LogP contribution is -2.22. The number of anilines is 1. The second-order valence-electron chi connectivity index (χ2n) is 5.59. The molecular weight excluding hydrogens is 391 g/mol. The molecule has 0 aliphatic rings. The smallest absolute Gasteiger partial charge is 0.310 e. The Morgan fingerprint density at radius 2 is 1.93 bits per heavy atom. The van der Waals surface area contributed by atoms with Crippen LogP contribution in [0.3, 0.4) is 0 Å². The number of nitrogens with zero attached hydrogens (tertiary/aromatic N) is 4. The van der Waals surface area contributed by atoms with E-state index in [2.05, 4.69) is 20.4 Å². The quantitative estimate of drug-likeness (QED) is 0.661. The van der Waals surface area contributed by atoms with Gasteiger partial charge in [-0.1, -0.05) is 19.9 Å². The van der Waals surface area contributed by atoms with Gasteiger partial charge in [0.2, 0.25) is 5.91 Å². The van der Waals surface area contributed by atoms with Gasteiger partial charge >= 0.3 is 6.18 Å². The average Bonchev–Trinajstić information content (AvgIpc) is 3.24. The molecule has 150 valence electrons. The molecular formula is C18H20F3N5OS. The zero-order chi connectivity index (χ0) is 20.9. The Balaban J connectivity index is 0.00000136. The number of nitrogens with one attached hydrogen (secondary N) is 1. The Morgan fingerprint density at radius 3 is 2.46 bits per heavy atom. The van der Waals surface area contributed by atoms with Gasteiger partial charge in [-0.05, 0) is 31.4 Å². The maximum atomic E-state index is 12.4. The standard InChI is InChI=1S/C16H14F3N5OS.C2H6/c1-9-6-10(2)24(23-9)13-7-12(20-14(25)8-16(17,18)19)21-15(22-13)11-4-3-5-26-11;1-2/h3-7H,8H2,1-2H3,(H,20,21,22,25);1-2H3. The fourth-order valence-electron chi connectivity index (χ4n) is 2.35. The number of hydrogen-bond acceptors (Lipinski definition) is 5. The van der Waals surface area contributed by atoms with Crippen LogP contribution in [0.25, 0.3) is 16.5 Å². The maximum absolute atomic E-state index is 12.4. The normalized spacial score (nSPS) is 11.0. The second-order valence-corrected chi connectivity index (χ2v) is 6.54. The van der Waals surface area contributed by atoms with Gasteiger partial charge in [0.1, 0.15) is 12.2 Å². The molecule has 3 rings (SSSR count). The van der Waals surface area contributed by atoms with Crippen molar-refractivity contribution in [3.8, 4) is 16.5 Å². The third-order valence-electron chi connectivity index (χ3n) is 3.31. The largest absolute Gasteiger partial charge is 0.397 e. The van der Waals surface area contributed by atoms with E-state index < -0.39 is 18.5 Å². The first-order valence-electron chi connectivity index (χ1n) is 8.54. The Labute approximate surface area is 164 Å². The molecule has 10 heteroatoms. The predicted molar refractivity (Wildman–Crippen MR) is 103 cm³/mol. The van der Waals surface area contributed by atoms with Crippen molar-refractivity contribution < 1.29 is 18.0 Å². The van der Waals surface area contributed by atoms with Gasteiger partial charge in [0.25, 0.3) is 0 Å². The molecule has 28 heavy (non-hydrogen) atoms. The molecule has 0 aromatic carbocycles. The Kier molecular flexibility index (Phi) is 6.90. The molecule has 0 unspecified atom stereocenters. The number of carbonyl (C=O) groups excluding carboxylic acids is 1. The molecule has 1 N–H and O–H groups in total. The van der Waals surface area contributed by atoms with E-state index in [1.165, 1.54) is 17.4 Å². The van der Waals surface area contributed by atoms with Crippen LogP contribution in [-0.2, 0) is 4.79 Å². The molecule has 0 saturated carbocycles. The van der Waals surface area contributed by atoms with Crippen LogP contribution in [-0.4, -0.2) is 31.8 Å². The summed E-state index contributed by atoms with van der Waals surface area (Å²) >= 11 is 1.38. The van der Waals surface area contributed by atoms with Gasteiger partial charge in [0, 0.05) is 11.8 Å². The molecule has 3 heterocycles. The third kappa shape index (κ3) is 5.62. The minimum Gasteiger partial charge on any atom is -0.310 e. The lowest BCUT2D eigenvalue weighted by molar-refractivity contribution is -0.150. The van der Waals surface area contributed by atoms with E-state index >= 15 is 0 Å². The number of aryl methyl sites for hydroxylation is 2. The molecule has 0 aliphatic carbocycles. The van der Waals surface area contributed by atoms with Crippen LogP contribution in [0.5, 0.6) is 0 Å². The fourth-order valence-corrected chi connectivity index (χ4v) is 3.01. The van der Waals surface area contributed by atoms with E-state index in [0.29, 0.717) is 11.6 Å². The highest BCUT2D eigenvalue weighted by atomic mass is 32.1. The van der Waals surface area contributed by atoms with E-state index in [4.69, 9.17) is 0 Å². The highest BCUT2D eigenvalue weighted by Gasteiger charge is 2.31. The summed E-state index contributed by atoms with van der Waals surface area (Å²) in [5.41, 5.74) is 1.56. The van der Waals surface area contributed by atoms with Crippen molar-refractivity contribution in [1.29, 1.82) is 0 Å². The van der Waals surface area contributed by atoms with E-state index in [-0.39, 0.29) is 5.82 Å². The molecule has 3 aromatic heterocycles. The number of thiophene rings is 1. The van der Waals surface area contributed by atoms with Crippen molar-refractivity contribution in [2.24, 2.45) is 0 Å². The minimum atomic E-state index is -4.59. The van der Waals surface area contributed by atoms with E-state index in [9.17, 15) is 18.0 Å². The van der Waals surface area contributed by atoms with Crippen molar-refractivity contribution in [3.63, 3.8) is 0 Å². The van der Waals surface area contributed by atoms with Crippen LogP contribution in [0, 0.1) is 13.8 Å². The molecule has 0 radical (unpaired) electrons. The van der Waals surface area contributed by atoms with Crippen LogP contribution >= 0.6 is 11.3 Å². The summed E-state index contributed by atoms with van der Waals surface area (Å²) < 4.78 is 38.8. The molecule has 3 aromatic rings. The number of rotatable bonds is 4. The van der Waals surface area contributed by atoms with E-state index in [0.717, 1.165) is 16.3 Å². The lowest BCUT2D eigenvalue weighted by Gasteiger charge is -2.11. The van der Waals surface area contributed by atoms with E-state index in [1.807, 2.05) is 39.1 Å².